The van der Waals surface area contributed by atoms with E-state index >= 15 is 0 Å². The fourth-order valence-corrected chi connectivity index (χ4v) is 2.09. The number of nitroso groups, excluding NO2 is 1. The van der Waals surface area contributed by atoms with E-state index in [1.54, 1.807) is 6.92 Å². The summed E-state index contributed by atoms with van der Waals surface area (Å²) in [4.78, 5) is 22.5. The number of likely N-dealkylation sites (N-methyl/N-ethyl adjacent to an activating group) is 1. The number of hydrogen-bond acceptors (Lipinski definition) is 5. The summed E-state index contributed by atoms with van der Waals surface area (Å²) in [6.07, 6.45) is 0. The lowest BCUT2D eigenvalue weighted by molar-refractivity contribution is -0.125. The predicted molar refractivity (Wildman–Crippen MR) is 47.2 cm³/mol. The van der Waals surface area contributed by atoms with Crippen molar-refractivity contribution in [1.82, 2.24) is 4.90 Å². The smallest absolute Gasteiger partial charge is 0.267 e. The number of hydrogen-bond donors (Lipinski definition) is 0. The van der Waals surface area contributed by atoms with E-state index in [4.69, 9.17) is 12.2 Å². The summed E-state index contributed by atoms with van der Waals surface area (Å²) in [6, 6.07) is 0. The summed E-state index contributed by atoms with van der Waals surface area (Å²) in [7, 11) is 0. The first kappa shape index (κ1) is 8.61. The second kappa shape index (κ2) is 3.27. The molecule has 0 unspecified atom stereocenters. The van der Waals surface area contributed by atoms with Crippen molar-refractivity contribution in [3.63, 3.8) is 0 Å². The van der Waals surface area contributed by atoms with Crippen molar-refractivity contribution >= 4 is 34.2 Å². The number of rotatable bonds is 2. The van der Waals surface area contributed by atoms with Crippen molar-refractivity contribution in [2.75, 3.05) is 6.54 Å². The normalized spacial score (nSPS) is 24.5. The molecule has 0 aromatic heterocycles. The minimum atomic E-state index is -0.845. The zero-order valence-corrected chi connectivity index (χ0v) is 7.44. The second-order valence-electron chi connectivity index (χ2n) is 1.92. The van der Waals surface area contributed by atoms with Crippen LogP contribution in [0.1, 0.15) is 6.92 Å². The Morgan fingerprint density at radius 2 is 2.45 bits per heavy atom. The number of nitrogens with zero attached hydrogens (tertiary/aromatic N) is 2. The number of thioether (sulfide) groups is 1. The van der Waals surface area contributed by atoms with Gasteiger partial charge >= 0.3 is 0 Å². The van der Waals surface area contributed by atoms with Crippen LogP contribution >= 0.6 is 24.0 Å². The molecule has 1 saturated heterocycles. The molecule has 6 heteroatoms. The van der Waals surface area contributed by atoms with Gasteiger partial charge in [-0.15, -0.1) is 4.91 Å². The maximum atomic E-state index is 11.1. The molecule has 1 aliphatic rings. The lowest BCUT2D eigenvalue weighted by atomic mass is 10.5. The number of carbonyl (C=O) groups is 1. The van der Waals surface area contributed by atoms with Crippen LogP contribution in [-0.4, -0.2) is 27.0 Å². The molecule has 1 aliphatic heterocycles. The highest BCUT2D eigenvalue weighted by atomic mass is 32.2. The van der Waals surface area contributed by atoms with Crippen molar-refractivity contribution in [2.45, 2.75) is 12.3 Å². The van der Waals surface area contributed by atoms with E-state index in [2.05, 4.69) is 5.18 Å². The van der Waals surface area contributed by atoms with E-state index in [9.17, 15) is 9.70 Å². The van der Waals surface area contributed by atoms with Crippen LogP contribution in [0.15, 0.2) is 5.18 Å². The van der Waals surface area contributed by atoms with E-state index in [0.717, 1.165) is 11.8 Å². The second-order valence-corrected chi connectivity index (χ2v) is 3.64. The van der Waals surface area contributed by atoms with Crippen molar-refractivity contribution in [3.8, 4) is 0 Å². The summed E-state index contributed by atoms with van der Waals surface area (Å²) in [5.41, 5.74) is 0. The molecule has 0 radical (unpaired) electrons. The minimum Gasteiger partial charge on any atom is -0.295 e. The average molecular weight is 190 g/mol. The first-order valence-electron chi connectivity index (χ1n) is 3.05. The van der Waals surface area contributed by atoms with Gasteiger partial charge in [0.15, 0.2) is 0 Å². The van der Waals surface area contributed by atoms with Crippen molar-refractivity contribution in [3.05, 3.63) is 4.91 Å². The molecule has 11 heavy (non-hydrogen) atoms. The van der Waals surface area contributed by atoms with E-state index in [1.165, 1.54) is 4.90 Å². The standard InChI is InChI=1S/C5H6N2O2S2/c1-2-7-4(8)3(6-9)11-5(7)10/h3H,2H2,1H3/t3-/m0/s1. The first-order valence-corrected chi connectivity index (χ1v) is 4.34. The van der Waals surface area contributed by atoms with E-state index < -0.39 is 5.37 Å². The Morgan fingerprint density at radius 3 is 2.73 bits per heavy atom. The van der Waals surface area contributed by atoms with Crippen LogP contribution in [0.2, 0.25) is 0 Å². The quantitative estimate of drug-likeness (QED) is 0.480. The fourth-order valence-electron chi connectivity index (χ4n) is 0.784. The van der Waals surface area contributed by atoms with Crippen molar-refractivity contribution in [2.24, 2.45) is 5.18 Å². The summed E-state index contributed by atoms with van der Waals surface area (Å²) < 4.78 is 0.446. The molecular weight excluding hydrogens is 184 g/mol. The van der Waals surface area contributed by atoms with Crippen molar-refractivity contribution in [1.29, 1.82) is 0 Å². The van der Waals surface area contributed by atoms with Gasteiger partial charge in [-0.3, -0.25) is 9.69 Å². The lowest BCUT2D eigenvalue weighted by Gasteiger charge is -2.09. The highest BCUT2D eigenvalue weighted by Gasteiger charge is 2.36. The molecule has 0 N–H and O–H groups in total. The Morgan fingerprint density at radius 1 is 1.82 bits per heavy atom. The Bertz CT molecular complexity index is 219. The Kier molecular flexibility index (Phi) is 2.56. The van der Waals surface area contributed by atoms with Crippen molar-refractivity contribution < 1.29 is 4.79 Å². The summed E-state index contributed by atoms with van der Waals surface area (Å²) in [5.74, 6) is -0.294. The molecule has 0 aromatic rings. The van der Waals surface area contributed by atoms with Gasteiger partial charge in [-0.1, -0.05) is 24.0 Å². The van der Waals surface area contributed by atoms with Gasteiger partial charge in [0.2, 0.25) is 5.37 Å². The maximum absolute atomic E-state index is 11.1. The topological polar surface area (TPSA) is 49.7 Å². The minimum absolute atomic E-state index is 0.294. The fraction of sp³-hybridized carbons (Fsp3) is 0.600. The number of thiocarbonyl (C=S) groups is 1. The molecule has 1 fully saturated rings. The summed E-state index contributed by atoms with van der Waals surface area (Å²) in [6.45, 7) is 2.31. The van der Waals surface area contributed by atoms with Gasteiger partial charge in [0.05, 0.1) is 0 Å². The Hall–Kier alpha value is -0.490. The molecule has 0 aromatic carbocycles. The van der Waals surface area contributed by atoms with Gasteiger partial charge in [0, 0.05) is 6.54 Å². The molecule has 60 valence electrons. The van der Waals surface area contributed by atoms with Gasteiger partial charge in [-0.05, 0) is 12.1 Å². The summed E-state index contributed by atoms with van der Waals surface area (Å²) in [5, 5.41) is 1.81. The highest BCUT2D eigenvalue weighted by molar-refractivity contribution is 8.24. The zero-order valence-electron chi connectivity index (χ0n) is 5.81. The largest absolute Gasteiger partial charge is 0.295 e. The monoisotopic (exact) mass is 190 g/mol. The molecule has 1 amide bonds. The molecular formula is C5H6N2O2S2. The van der Waals surface area contributed by atoms with Crippen LogP contribution in [0.5, 0.6) is 0 Å². The SMILES string of the molecule is CCN1C(=O)[C@@H](N=O)SC1=S. The molecule has 0 saturated carbocycles. The van der Waals surface area contributed by atoms with Crippen LogP contribution in [0.25, 0.3) is 0 Å². The molecule has 4 nitrogen and oxygen atoms in total. The molecule has 0 bridgehead atoms. The number of amides is 1. The van der Waals surface area contributed by atoms with Crippen LogP contribution in [0, 0.1) is 4.91 Å². The first-order chi connectivity index (χ1) is 5.20. The van der Waals surface area contributed by atoms with E-state index in [1.807, 2.05) is 0 Å². The van der Waals surface area contributed by atoms with Crippen LogP contribution in [-0.2, 0) is 4.79 Å². The molecule has 1 heterocycles. The van der Waals surface area contributed by atoms with Crippen LogP contribution < -0.4 is 0 Å². The third kappa shape index (κ3) is 1.41. The van der Waals surface area contributed by atoms with E-state index in [-0.39, 0.29) is 5.91 Å². The van der Waals surface area contributed by atoms with E-state index in [0.29, 0.717) is 10.9 Å². The molecule has 1 atom stereocenters. The highest BCUT2D eigenvalue weighted by Crippen LogP contribution is 2.27. The molecule has 0 spiro atoms. The van der Waals surface area contributed by atoms with Gasteiger partial charge in [0.1, 0.15) is 4.32 Å². The van der Waals surface area contributed by atoms with Crippen LogP contribution in [0.3, 0.4) is 0 Å². The van der Waals surface area contributed by atoms with Gasteiger partial charge in [0.25, 0.3) is 5.91 Å². The number of carbonyl (C=O) groups excluding carboxylic acids is 1. The summed E-state index contributed by atoms with van der Waals surface area (Å²) >= 11 is 5.86. The lowest BCUT2D eigenvalue weighted by Crippen LogP contribution is -2.30. The third-order valence-corrected chi connectivity index (χ3v) is 2.76. The molecule has 1 rings (SSSR count). The maximum Gasteiger partial charge on any atom is 0.267 e. The van der Waals surface area contributed by atoms with Gasteiger partial charge in [-0.2, -0.15) is 0 Å². The third-order valence-electron chi connectivity index (χ3n) is 1.32. The zero-order chi connectivity index (χ0) is 8.43. The average Bonchev–Trinajstić information content (AvgIpc) is 2.26. The Labute approximate surface area is 73.3 Å². The van der Waals surface area contributed by atoms with Gasteiger partial charge in [-0.25, -0.2) is 0 Å². The van der Waals surface area contributed by atoms with Gasteiger partial charge < -0.3 is 0 Å². The van der Waals surface area contributed by atoms with Crippen LogP contribution in [0.4, 0.5) is 0 Å². The molecule has 0 aliphatic carbocycles. The predicted octanol–water partition coefficient (Wildman–Crippen LogP) is 0.959. The Balaban J connectivity index is 2.78.